The van der Waals surface area contributed by atoms with E-state index in [0.717, 1.165) is 11.3 Å². The van der Waals surface area contributed by atoms with Crippen molar-refractivity contribution < 1.29 is 9.53 Å². The van der Waals surface area contributed by atoms with E-state index in [4.69, 9.17) is 4.74 Å². The highest BCUT2D eigenvalue weighted by atomic mass is 16.5. The average molecular weight is 279 g/mol. The zero-order valence-electron chi connectivity index (χ0n) is 11.9. The number of carbonyl (C=O) groups is 1. The van der Waals surface area contributed by atoms with Crippen LogP contribution in [0.3, 0.4) is 0 Å². The van der Waals surface area contributed by atoms with E-state index in [-0.39, 0.29) is 6.04 Å². The summed E-state index contributed by atoms with van der Waals surface area (Å²) in [6.07, 6.45) is 0. The Balaban J connectivity index is 2.21. The second-order valence-electron chi connectivity index (χ2n) is 4.34. The van der Waals surface area contributed by atoms with Gasteiger partial charge in [0.15, 0.2) is 0 Å². The minimum Gasteiger partial charge on any atom is -0.456 e. The van der Waals surface area contributed by atoms with Gasteiger partial charge in [-0.25, -0.2) is 4.79 Å². The van der Waals surface area contributed by atoms with Gasteiger partial charge >= 0.3 is 5.97 Å². The fourth-order valence-corrected chi connectivity index (χ4v) is 1.85. The minimum atomic E-state index is -0.506. The summed E-state index contributed by atoms with van der Waals surface area (Å²) in [5.74, 6) is 4.96. The Morgan fingerprint density at radius 3 is 2.33 bits per heavy atom. The molecule has 21 heavy (non-hydrogen) atoms. The molecule has 1 N–H and O–H groups in total. The maximum Gasteiger partial charge on any atom is 0.384 e. The molecule has 1 unspecified atom stereocenters. The number of nitrogens with one attached hydrogen (secondary N) is 1. The van der Waals surface area contributed by atoms with Crippen molar-refractivity contribution in [1.82, 2.24) is 0 Å². The molecule has 0 fully saturated rings. The average Bonchev–Trinajstić information content (AvgIpc) is 2.53. The van der Waals surface area contributed by atoms with Gasteiger partial charge in [-0.3, -0.25) is 0 Å². The number of rotatable bonds is 4. The van der Waals surface area contributed by atoms with Crippen LogP contribution >= 0.6 is 0 Å². The summed E-state index contributed by atoms with van der Waals surface area (Å²) < 4.78 is 4.84. The van der Waals surface area contributed by atoms with Gasteiger partial charge in [-0.2, -0.15) is 0 Å². The van der Waals surface area contributed by atoms with Crippen molar-refractivity contribution in [1.29, 1.82) is 0 Å². The van der Waals surface area contributed by atoms with E-state index in [1.54, 1.807) is 6.92 Å². The van der Waals surface area contributed by atoms with Crippen LogP contribution in [0.4, 0.5) is 5.69 Å². The van der Waals surface area contributed by atoms with Gasteiger partial charge < -0.3 is 10.1 Å². The summed E-state index contributed by atoms with van der Waals surface area (Å²) in [4.78, 5) is 11.4. The van der Waals surface area contributed by atoms with E-state index >= 15 is 0 Å². The first kappa shape index (κ1) is 14.7. The molecule has 0 spiro atoms. The van der Waals surface area contributed by atoms with Crippen molar-refractivity contribution in [2.24, 2.45) is 0 Å². The second-order valence-corrected chi connectivity index (χ2v) is 4.34. The third kappa shape index (κ3) is 4.70. The predicted octanol–water partition coefficient (Wildman–Crippen LogP) is 3.41. The molecule has 0 saturated carbocycles. The van der Waals surface area contributed by atoms with Crippen molar-refractivity contribution in [3.05, 3.63) is 66.2 Å². The van der Waals surface area contributed by atoms with Crippen molar-refractivity contribution in [3.63, 3.8) is 0 Å². The van der Waals surface area contributed by atoms with Crippen LogP contribution in [0.15, 0.2) is 60.7 Å². The molecule has 2 rings (SSSR count). The second kappa shape index (κ2) is 7.76. The monoisotopic (exact) mass is 279 g/mol. The molecule has 2 aromatic rings. The predicted molar refractivity (Wildman–Crippen MR) is 83.7 cm³/mol. The lowest BCUT2D eigenvalue weighted by atomic mass is 10.1. The van der Waals surface area contributed by atoms with Gasteiger partial charge in [0.25, 0.3) is 0 Å². The maximum absolute atomic E-state index is 11.4. The van der Waals surface area contributed by atoms with Crippen LogP contribution in [0.5, 0.6) is 0 Å². The number of anilines is 1. The number of ether oxygens (including phenoxy) is 1. The molecule has 0 aliphatic rings. The zero-order chi connectivity index (χ0) is 14.9. The lowest BCUT2D eigenvalue weighted by Gasteiger charge is -2.14. The molecule has 0 heterocycles. The highest BCUT2D eigenvalue weighted by Crippen LogP contribution is 2.18. The van der Waals surface area contributed by atoms with Crippen molar-refractivity contribution in [2.75, 3.05) is 11.9 Å². The van der Waals surface area contributed by atoms with E-state index < -0.39 is 5.97 Å². The van der Waals surface area contributed by atoms with Crippen molar-refractivity contribution in [3.8, 4) is 11.8 Å². The molecule has 3 nitrogen and oxygen atoms in total. The van der Waals surface area contributed by atoms with Crippen molar-refractivity contribution >= 4 is 11.7 Å². The van der Waals surface area contributed by atoms with Gasteiger partial charge in [0.05, 0.1) is 6.61 Å². The van der Waals surface area contributed by atoms with Gasteiger partial charge in [-0.1, -0.05) is 54.5 Å². The Bertz CT molecular complexity index is 627. The van der Waals surface area contributed by atoms with Crippen LogP contribution in [-0.2, 0) is 9.53 Å². The summed E-state index contributed by atoms with van der Waals surface area (Å²) in [5.41, 5.74) is 1.95. The number of para-hydroxylation sites is 1. The molecule has 0 bridgehead atoms. The SMILES string of the molecule is CCOC(=O)C#CC(Nc1ccccc1)c1ccccc1. The van der Waals surface area contributed by atoms with Crippen LogP contribution < -0.4 is 5.32 Å². The summed E-state index contributed by atoms with van der Waals surface area (Å²) >= 11 is 0. The van der Waals surface area contributed by atoms with E-state index in [9.17, 15) is 4.79 Å². The standard InChI is InChI=1S/C18H17NO2/c1-2-21-18(20)14-13-17(15-9-5-3-6-10-15)19-16-11-7-4-8-12-16/h3-12,17,19H,2H2,1H3. The fourth-order valence-electron chi connectivity index (χ4n) is 1.85. The van der Waals surface area contributed by atoms with Crippen LogP contribution in [0.25, 0.3) is 0 Å². The normalized spacial score (nSPS) is 10.9. The van der Waals surface area contributed by atoms with Crippen LogP contribution in [0, 0.1) is 11.8 Å². The third-order valence-electron chi connectivity index (χ3n) is 2.81. The smallest absolute Gasteiger partial charge is 0.384 e. The number of benzene rings is 2. The number of carbonyl (C=O) groups excluding carboxylic acids is 1. The van der Waals surface area contributed by atoms with E-state index in [0.29, 0.717) is 6.61 Å². The van der Waals surface area contributed by atoms with Gasteiger partial charge in [0.1, 0.15) is 6.04 Å². The summed E-state index contributed by atoms with van der Waals surface area (Å²) in [7, 11) is 0. The molecular weight excluding hydrogens is 262 g/mol. The molecule has 0 aliphatic carbocycles. The molecular formula is C18H17NO2. The Labute approximate surface area is 125 Å². The lowest BCUT2D eigenvalue weighted by molar-refractivity contribution is -0.136. The maximum atomic E-state index is 11.4. The van der Waals surface area contributed by atoms with E-state index in [1.807, 2.05) is 60.7 Å². The quantitative estimate of drug-likeness (QED) is 0.529. The molecule has 1 atom stereocenters. The first-order valence-corrected chi connectivity index (χ1v) is 6.84. The number of hydrogen-bond acceptors (Lipinski definition) is 3. The largest absolute Gasteiger partial charge is 0.456 e. The molecule has 2 aromatic carbocycles. The Morgan fingerprint density at radius 1 is 1.10 bits per heavy atom. The molecule has 0 radical (unpaired) electrons. The minimum absolute atomic E-state index is 0.266. The van der Waals surface area contributed by atoms with Gasteiger partial charge in [-0.15, -0.1) is 0 Å². The van der Waals surface area contributed by atoms with Gasteiger partial charge in [-0.05, 0) is 24.6 Å². The number of esters is 1. The first-order valence-electron chi connectivity index (χ1n) is 6.84. The van der Waals surface area contributed by atoms with E-state index in [2.05, 4.69) is 17.2 Å². The number of hydrogen-bond donors (Lipinski definition) is 1. The Morgan fingerprint density at radius 2 is 1.71 bits per heavy atom. The Hall–Kier alpha value is -2.73. The fraction of sp³-hybridized carbons (Fsp3) is 0.167. The molecule has 0 saturated heterocycles. The third-order valence-corrected chi connectivity index (χ3v) is 2.81. The van der Waals surface area contributed by atoms with Crippen LogP contribution in [0.1, 0.15) is 18.5 Å². The molecule has 0 aromatic heterocycles. The molecule has 3 heteroatoms. The van der Waals surface area contributed by atoms with Crippen LogP contribution in [0.2, 0.25) is 0 Å². The Kier molecular flexibility index (Phi) is 5.42. The zero-order valence-corrected chi connectivity index (χ0v) is 11.9. The van der Waals surface area contributed by atoms with Crippen molar-refractivity contribution in [2.45, 2.75) is 13.0 Å². The molecule has 0 amide bonds. The highest BCUT2D eigenvalue weighted by molar-refractivity contribution is 5.88. The highest BCUT2D eigenvalue weighted by Gasteiger charge is 2.08. The topological polar surface area (TPSA) is 38.3 Å². The molecule has 0 aliphatic heterocycles. The molecule has 106 valence electrons. The van der Waals surface area contributed by atoms with E-state index in [1.165, 1.54) is 0 Å². The first-order chi connectivity index (χ1) is 10.3. The van der Waals surface area contributed by atoms with Crippen LogP contribution in [-0.4, -0.2) is 12.6 Å². The summed E-state index contributed by atoms with van der Waals surface area (Å²) in [5, 5.41) is 3.31. The van der Waals surface area contributed by atoms with Gasteiger partial charge in [0.2, 0.25) is 0 Å². The van der Waals surface area contributed by atoms with Gasteiger partial charge in [0, 0.05) is 11.6 Å². The lowest BCUT2D eigenvalue weighted by Crippen LogP contribution is -2.09. The summed E-state index contributed by atoms with van der Waals surface area (Å²) in [6, 6.07) is 19.3. The summed E-state index contributed by atoms with van der Waals surface area (Å²) in [6.45, 7) is 2.09.